The van der Waals surface area contributed by atoms with Crippen molar-refractivity contribution in [3.8, 4) is 22.5 Å². The Labute approximate surface area is 382 Å². The highest BCUT2D eigenvalue weighted by Crippen LogP contribution is 2.43. The molecule has 342 valence electrons. The lowest BCUT2D eigenvalue weighted by atomic mass is 9.93. The van der Waals surface area contributed by atoms with E-state index in [1.165, 1.54) is 53.3 Å². The molecule has 2 aromatic carbocycles. The van der Waals surface area contributed by atoms with Crippen LogP contribution in [-0.2, 0) is 40.4 Å². The van der Waals surface area contributed by atoms with E-state index in [1.807, 2.05) is 36.4 Å². The number of rotatable bonds is 20. The van der Waals surface area contributed by atoms with Crippen LogP contribution in [0.3, 0.4) is 0 Å². The van der Waals surface area contributed by atoms with Crippen LogP contribution in [0, 0.1) is 0 Å². The van der Waals surface area contributed by atoms with Gasteiger partial charge in [0.25, 0.3) is 21.9 Å². The summed E-state index contributed by atoms with van der Waals surface area (Å²) >= 11 is 1.46. The first-order valence-electron chi connectivity index (χ1n) is 21.3. The lowest BCUT2D eigenvalue weighted by Crippen LogP contribution is -2.46. The molecule has 0 fully saturated rings. The number of hydrogen-bond acceptors (Lipinski definition) is 12. The second kappa shape index (κ2) is 19.9. The summed E-state index contributed by atoms with van der Waals surface area (Å²) in [6.07, 6.45) is 6.32. The first kappa shape index (κ1) is 48.9. The number of anilines is 1. The molecule has 0 atom stereocenters. The van der Waals surface area contributed by atoms with Crippen molar-refractivity contribution in [1.82, 2.24) is 24.2 Å². The molecule has 0 radical (unpaired) electrons. The smallest absolute Gasteiger partial charge is 0.295 e. The Balaban J connectivity index is 1.20. The molecule has 0 spiro atoms. The van der Waals surface area contributed by atoms with E-state index in [2.05, 4.69) is 78.0 Å². The number of amides is 2. The molecule has 6 rings (SSSR count). The minimum Gasteiger partial charge on any atom is -0.456 e. The summed E-state index contributed by atoms with van der Waals surface area (Å²) in [6.45, 7) is 20.0. The Morgan fingerprint density at radius 1 is 0.859 bits per heavy atom. The fourth-order valence-corrected chi connectivity index (χ4v) is 20.1. The molecule has 0 unspecified atom stereocenters. The van der Waals surface area contributed by atoms with Crippen molar-refractivity contribution < 1.29 is 39.5 Å². The lowest BCUT2D eigenvalue weighted by Gasteiger charge is -2.34. The number of nitrogens with one attached hydrogen (secondary N) is 1. The van der Waals surface area contributed by atoms with Gasteiger partial charge in [-0.05, 0) is 96.7 Å². The highest BCUT2D eigenvalue weighted by atomic mass is 32.2. The molecular formula is C44H57N6O9S3Si2+. The number of carbonyl (C=O) groups excluding carboxylic acids is 2. The van der Waals surface area contributed by atoms with Crippen LogP contribution in [0.1, 0.15) is 39.7 Å². The largest absolute Gasteiger partial charge is 0.456 e. The summed E-state index contributed by atoms with van der Waals surface area (Å²) in [6, 6.07) is 15.9. The molecule has 1 aromatic heterocycles. The zero-order chi connectivity index (χ0) is 46.6. The third kappa shape index (κ3) is 11.5. The number of sulfonamides is 1. The minimum atomic E-state index is -4.96. The fraction of sp³-hybridized carbons (Fsp3) is 0.386. The molecule has 3 aromatic rings. The van der Waals surface area contributed by atoms with E-state index in [9.17, 15) is 31.0 Å². The van der Waals surface area contributed by atoms with E-state index < -0.39 is 41.7 Å². The van der Waals surface area contributed by atoms with Gasteiger partial charge in [0.2, 0.25) is 15.4 Å². The molecule has 1 aliphatic carbocycles. The number of imide groups is 1. The van der Waals surface area contributed by atoms with Crippen molar-refractivity contribution in [1.29, 1.82) is 0 Å². The zero-order valence-corrected chi connectivity index (χ0v) is 42.0. The Hall–Kier alpha value is -4.55. The molecule has 15 nitrogen and oxygen atoms in total. The van der Waals surface area contributed by atoms with Gasteiger partial charge in [-0.3, -0.25) is 19.0 Å². The van der Waals surface area contributed by atoms with Gasteiger partial charge in [0.1, 0.15) is 29.3 Å². The average molecular weight is 966 g/mol. The van der Waals surface area contributed by atoms with Crippen LogP contribution < -0.4 is 19.6 Å². The fourth-order valence-electron chi connectivity index (χ4n) is 7.97. The number of fused-ring (bicyclic) bond motifs is 2. The van der Waals surface area contributed by atoms with E-state index in [-0.39, 0.29) is 28.8 Å². The normalized spacial score (nSPS) is 13.7. The molecule has 2 amide bonds. The second-order valence-corrected chi connectivity index (χ2v) is 30.0. The SMILES string of the molecule is CCN(CC)c1ccc2c(-c3ccc(S(=O)(=O)NCc4cnc(SC[Si](C)(C)O[Si](C)(C)CCCN5C(=O)C=CC5=O)nc4)cc3S(=O)(=O)O)c3ccc(=[N+](CC)CC)cc-3oc2c1. The number of benzene rings is 3. The molecule has 64 heavy (non-hydrogen) atoms. The van der Waals surface area contributed by atoms with Crippen LogP contribution in [-0.4, -0.2) is 103 Å². The van der Waals surface area contributed by atoms with Gasteiger partial charge in [0, 0.05) is 102 Å². The van der Waals surface area contributed by atoms with Crippen molar-refractivity contribution in [2.75, 3.05) is 43.0 Å². The zero-order valence-electron chi connectivity index (χ0n) is 37.5. The van der Waals surface area contributed by atoms with Crippen molar-refractivity contribution in [3.05, 3.63) is 90.1 Å². The molecule has 0 saturated carbocycles. The average Bonchev–Trinajstić information content (AvgIpc) is 3.57. The first-order valence-corrected chi connectivity index (χ1v) is 31.5. The molecule has 20 heteroatoms. The quantitative estimate of drug-likeness (QED) is 0.0159. The summed E-state index contributed by atoms with van der Waals surface area (Å²) in [5.74, 6) is -0.0622. The van der Waals surface area contributed by atoms with Crippen LogP contribution in [0.5, 0.6) is 0 Å². The Kier molecular flexibility index (Phi) is 15.2. The molecule has 3 aliphatic rings. The third-order valence-corrected chi connectivity index (χ3v) is 23.2. The van der Waals surface area contributed by atoms with Gasteiger partial charge < -0.3 is 13.4 Å². The molecule has 0 bridgehead atoms. The minimum absolute atomic E-state index is 0.119. The Morgan fingerprint density at radius 2 is 1.52 bits per heavy atom. The highest BCUT2D eigenvalue weighted by Gasteiger charge is 2.34. The number of hydrogen-bond donors (Lipinski definition) is 2. The van der Waals surface area contributed by atoms with Crippen LogP contribution in [0.2, 0.25) is 32.2 Å². The van der Waals surface area contributed by atoms with Crippen LogP contribution >= 0.6 is 11.8 Å². The topological polar surface area (TPSA) is 192 Å². The van der Waals surface area contributed by atoms with Gasteiger partial charge in [-0.2, -0.15) is 8.42 Å². The second-order valence-electron chi connectivity index (χ2n) is 16.7. The number of carbonyl (C=O) groups is 2. The van der Waals surface area contributed by atoms with Crippen LogP contribution in [0.15, 0.2) is 98.5 Å². The number of aromatic nitrogens is 2. The monoisotopic (exact) mass is 965 g/mol. The molecular weight excluding hydrogens is 909 g/mol. The van der Waals surface area contributed by atoms with Crippen molar-refractivity contribution in [3.63, 3.8) is 0 Å². The van der Waals surface area contributed by atoms with E-state index in [1.54, 1.807) is 0 Å². The van der Waals surface area contributed by atoms with Crippen LogP contribution in [0.25, 0.3) is 33.4 Å². The predicted molar refractivity (Wildman–Crippen MR) is 256 cm³/mol. The first-order chi connectivity index (χ1) is 30.2. The maximum absolute atomic E-state index is 13.7. The molecule has 2 N–H and O–H groups in total. The maximum atomic E-state index is 13.7. The molecule has 2 aliphatic heterocycles. The van der Waals surface area contributed by atoms with Gasteiger partial charge in [-0.15, -0.1) is 0 Å². The summed E-state index contributed by atoms with van der Waals surface area (Å²) in [5, 5.41) is 2.69. The Bertz CT molecular complexity index is 2820. The summed E-state index contributed by atoms with van der Waals surface area (Å²) in [7, 11) is -13.6. The van der Waals surface area contributed by atoms with E-state index in [4.69, 9.17) is 8.53 Å². The number of nitrogens with zero attached hydrogens (tertiary/aromatic N) is 5. The van der Waals surface area contributed by atoms with Crippen molar-refractivity contribution >= 4 is 77.0 Å². The van der Waals surface area contributed by atoms with Crippen molar-refractivity contribution in [2.24, 2.45) is 0 Å². The third-order valence-electron chi connectivity index (χ3n) is 11.1. The number of thioether (sulfide) groups is 1. The van der Waals surface area contributed by atoms with Crippen molar-refractivity contribution in [2.45, 2.75) is 87.8 Å². The van der Waals surface area contributed by atoms with E-state index >= 15 is 0 Å². The molecule has 0 saturated heterocycles. The van der Waals surface area contributed by atoms with Gasteiger partial charge in [0.05, 0.1) is 11.0 Å². The van der Waals surface area contributed by atoms with E-state index in [0.29, 0.717) is 56.9 Å². The van der Waals surface area contributed by atoms with E-state index in [0.717, 1.165) is 49.3 Å². The van der Waals surface area contributed by atoms with Gasteiger partial charge in [0.15, 0.2) is 21.8 Å². The summed E-state index contributed by atoms with van der Waals surface area (Å²) < 4.78 is 82.4. The standard InChI is InChI=1S/C44H56N6O9S3Si2/c1-9-48(10-2)32-14-17-35-38(24-32)58-39-25-33(49(11-3)12-4)15-18-36(39)43(35)37-19-16-34(26-40(37)62(55,56)57)61(53,54)47-29-31-27-45-44(46-28-31)60-30-64(7,8)59-63(5,6)23-13-22-50-41(51)20-21-42(50)52/h14-21,24-28,47H,9-13,22-23,29-30H2,1-8H3/p+1. The molecule has 3 heterocycles. The predicted octanol–water partition coefficient (Wildman–Crippen LogP) is 6.75. The maximum Gasteiger partial charge on any atom is 0.295 e. The summed E-state index contributed by atoms with van der Waals surface area (Å²) in [4.78, 5) is 35.2. The van der Waals surface area contributed by atoms with Gasteiger partial charge in [-0.1, -0.05) is 17.8 Å². The highest BCUT2D eigenvalue weighted by molar-refractivity contribution is 8.00. The summed E-state index contributed by atoms with van der Waals surface area (Å²) in [5.41, 5.74) is 3.07. The van der Waals surface area contributed by atoms with Gasteiger partial charge >= 0.3 is 0 Å². The lowest BCUT2D eigenvalue weighted by molar-refractivity contribution is -0.136. The van der Waals surface area contributed by atoms with Gasteiger partial charge in [-0.25, -0.2) is 27.7 Å². The van der Waals surface area contributed by atoms with Crippen LogP contribution in [0.4, 0.5) is 5.69 Å². The Morgan fingerprint density at radius 3 is 2.14 bits per heavy atom.